The molecular weight excluding hydrogens is 456 g/mol. The molecule has 0 spiro atoms. The van der Waals surface area contributed by atoms with Gasteiger partial charge in [-0.3, -0.25) is 9.59 Å². The molecule has 36 heavy (non-hydrogen) atoms. The smallest absolute Gasteiger partial charge is 0.246 e. The molecule has 1 heterocycles. The van der Waals surface area contributed by atoms with E-state index >= 15 is 0 Å². The predicted molar refractivity (Wildman–Crippen MR) is 140 cm³/mol. The van der Waals surface area contributed by atoms with Gasteiger partial charge >= 0.3 is 0 Å². The fraction of sp³-hybridized carbons (Fsp3) is 0.346. The van der Waals surface area contributed by atoms with Crippen molar-refractivity contribution in [3.8, 4) is 17.9 Å². The molecule has 0 aliphatic rings. The van der Waals surface area contributed by atoms with Gasteiger partial charge in [0.25, 0.3) is 0 Å². The van der Waals surface area contributed by atoms with Crippen LogP contribution < -0.4 is 16.0 Å². The van der Waals surface area contributed by atoms with Gasteiger partial charge in [0.15, 0.2) is 0 Å². The van der Waals surface area contributed by atoms with E-state index in [4.69, 9.17) is 5.26 Å². The Labute approximate surface area is 212 Å². The van der Waals surface area contributed by atoms with E-state index in [1.54, 1.807) is 50.6 Å². The minimum atomic E-state index is -0.212. The summed E-state index contributed by atoms with van der Waals surface area (Å²) in [6.45, 7) is 1.13. The first-order valence-corrected chi connectivity index (χ1v) is 11.5. The lowest BCUT2D eigenvalue weighted by Crippen LogP contribution is -2.38. The van der Waals surface area contributed by atoms with Crippen LogP contribution in [0.4, 0.5) is 17.5 Å². The lowest BCUT2D eigenvalue weighted by atomic mass is 10.2. The Balaban J connectivity index is 1.77. The maximum Gasteiger partial charge on any atom is 0.246 e. The number of nitriles is 1. The fourth-order valence-electron chi connectivity index (χ4n) is 2.88. The number of rotatable bonds is 11. The summed E-state index contributed by atoms with van der Waals surface area (Å²) in [7, 11) is 7.18. The first-order valence-electron chi connectivity index (χ1n) is 11.5. The third kappa shape index (κ3) is 9.84. The van der Waals surface area contributed by atoms with Gasteiger partial charge in [0.2, 0.25) is 17.8 Å². The van der Waals surface area contributed by atoms with Crippen LogP contribution in [-0.2, 0) is 9.59 Å². The second-order valence-corrected chi connectivity index (χ2v) is 8.13. The van der Waals surface area contributed by atoms with Crippen molar-refractivity contribution in [2.45, 2.75) is 12.8 Å². The normalized spacial score (nSPS) is 10.3. The molecule has 0 fully saturated rings. The molecule has 0 aliphatic heterocycles. The number of nitrogens with zero attached hydrogens (tertiary/aromatic N) is 5. The first-order chi connectivity index (χ1) is 17.3. The van der Waals surface area contributed by atoms with E-state index in [9.17, 15) is 9.59 Å². The fourth-order valence-corrected chi connectivity index (χ4v) is 2.88. The summed E-state index contributed by atoms with van der Waals surface area (Å²) in [5, 5.41) is 17.8. The molecule has 188 valence electrons. The average Bonchev–Trinajstić information content (AvgIpc) is 2.86. The largest absolute Gasteiger partial charge is 0.372 e. The van der Waals surface area contributed by atoms with Crippen molar-refractivity contribution >= 4 is 29.3 Å². The summed E-state index contributed by atoms with van der Waals surface area (Å²) >= 11 is 0. The van der Waals surface area contributed by atoms with E-state index in [1.165, 1.54) is 11.0 Å². The van der Waals surface area contributed by atoms with Crippen molar-refractivity contribution < 1.29 is 9.59 Å². The second-order valence-electron chi connectivity index (χ2n) is 8.13. The van der Waals surface area contributed by atoms with Gasteiger partial charge < -0.3 is 25.8 Å². The Morgan fingerprint density at radius 3 is 2.58 bits per heavy atom. The van der Waals surface area contributed by atoms with Crippen LogP contribution in [0.15, 0.2) is 42.6 Å². The molecular formula is C26H32N8O2. The third-order valence-electron chi connectivity index (χ3n) is 4.81. The highest BCUT2D eigenvalue weighted by atomic mass is 16.2. The summed E-state index contributed by atoms with van der Waals surface area (Å²) in [4.78, 5) is 36.1. The van der Waals surface area contributed by atoms with Gasteiger partial charge in [0, 0.05) is 45.4 Å². The number of anilines is 3. The van der Waals surface area contributed by atoms with E-state index in [1.807, 2.05) is 19.0 Å². The Bertz CT molecular complexity index is 1160. The summed E-state index contributed by atoms with van der Waals surface area (Å²) in [6, 6.07) is 9.08. The van der Waals surface area contributed by atoms with E-state index in [0.29, 0.717) is 48.8 Å². The maximum atomic E-state index is 12.1. The highest BCUT2D eigenvalue weighted by Gasteiger charge is 2.10. The Hall–Kier alpha value is -4.41. The van der Waals surface area contributed by atoms with Gasteiger partial charge in [-0.25, -0.2) is 4.98 Å². The molecule has 0 saturated carbocycles. The maximum absolute atomic E-state index is 12.1. The third-order valence-corrected chi connectivity index (χ3v) is 4.81. The van der Waals surface area contributed by atoms with Gasteiger partial charge in [-0.1, -0.05) is 17.9 Å². The monoisotopic (exact) mass is 488 g/mol. The number of nitrogens with one attached hydrogen (secondary N) is 3. The number of hydrogen-bond donors (Lipinski definition) is 3. The van der Waals surface area contributed by atoms with Crippen LogP contribution in [0.2, 0.25) is 0 Å². The molecule has 0 unspecified atom stereocenters. The molecule has 2 aromatic rings. The molecule has 2 rings (SSSR count). The number of carbonyl (C=O) groups is 2. The van der Waals surface area contributed by atoms with Gasteiger partial charge in [0.1, 0.15) is 5.82 Å². The van der Waals surface area contributed by atoms with Crippen LogP contribution in [0.25, 0.3) is 0 Å². The van der Waals surface area contributed by atoms with E-state index < -0.39 is 0 Å². The predicted octanol–water partition coefficient (Wildman–Crippen LogP) is 1.96. The molecule has 1 aromatic carbocycles. The van der Waals surface area contributed by atoms with Crippen LogP contribution in [0.1, 0.15) is 24.0 Å². The molecule has 10 heteroatoms. The van der Waals surface area contributed by atoms with E-state index in [0.717, 1.165) is 5.69 Å². The molecule has 10 nitrogen and oxygen atoms in total. The minimum absolute atomic E-state index is 0.00252. The van der Waals surface area contributed by atoms with Crippen LogP contribution in [0.3, 0.4) is 0 Å². The molecule has 1 aromatic heterocycles. The highest BCUT2D eigenvalue weighted by molar-refractivity contribution is 5.91. The van der Waals surface area contributed by atoms with Crippen molar-refractivity contribution in [3.63, 3.8) is 0 Å². The van der Waals surface area contributed by atoms with Crippen LogP contribution in [-0.4, -0.2) is 79.4 Å². The first kappa shape index (κ1) is 27.8. The summed E-state index contributed by atoms with van der Waals surface area (Å²) < 4.78 is 0. The molecule has 3 N–H and O–H groups in total. The SMILES string of the molecule is CNc1nc(Nc2ccc(C#N)cc2)ncc1C#CCCCNC(=O)CN(C)C(=O)C=CCN(C)C. The van der Waals surface area contributed by atoms with Crippen LogP contribution in [0, 0.1) is 23.2 Å². The van der Waals surface area contributed by atoms with Crippen molar-refractivity contribution in [2.75, 3.05) is 58.5 Å². The summed E-state index contributed by atoms with van der Waals surface area (Å²) in [5.41, 5.74) is 2.01. The number of amides is 2. The van der Waals surface area contributed by atoms with Crippen LogP contribution in [0.5, 0.6) is 0 Å². The highest BCUT2D eigenvalue weighted by Crippen LogP contribution is 2.17. The number of unbranched alkanes of at least 4 members (excludes halogenated alkanes) is 1. The number of likely N-dealkylation sites (N-methyl/N-ethyl adjacent to an activating group) is 2. The van der Waals surface area contributed by atoms with Crippen LogP contribution >= 0.6 is 0 Å². The summed E-state index contributed by atoms with van der Waals surface area (Å²) in [6.07, 6.45) is 6.13. The zero-order chi connectivity index (χ0) is 26.3. The standard InChI is InChI=1S/C26H32N8O2/c1-28-25-21(18-30-26(32-25)31-22-13-11-20(17-27)12-14-22)9-6-5-7-15-29-23(35)19-34(4)24(36)10-8-16-33(2)3/h8,10-14,18H,5,7,15-16,19H2,1-4H3,(H,29,35)(H2,28,30,31,32). The lowest BCUT2D eigenvalue weighted by molar-refractivity contribution is -0.131. The van der Waals surface area contributed by atoms with E-state index in [-0.39, 0.29) is 18.4 Å². The zero-order valence-electron chi connectivity index (χ0n) is 21.1. The van der Waals surface area contributed by atoms with Gasteiger partial charge in [-0.05, 0) is 44.8 Å². The molecule has 2 amide bonds. The second kappa shape index (κ2) is 14.8. The Morgan fingerprint density at radius 2 is 1.92 bits per heavy atom. The molecule has 0 atom stereocenters. The Morgan fingerprint density at radius 1 is 1.17 bits per heavy atom. The number of hydrogen-bond acceptors (Lipinski definition) is 8. The number of carbonyl (C=O) groups excluding carboxylic acids is 2. The topological polar surface area (TPSA) is 126 Å². The zero-order valence-corrected chi connectivity index (χ0v) is 21.1. The van der Waals surface area contributed by atoms with E-state index in [2.05, 4.69) is 43.8 Å². The number of aromatic nitrogens is 2. The quantitative estimate of drug-likeness (QED) is 0.249. The molecule has 0 saturated heterocycles. The van der Waals surface area contributed by atoms with Crippen molar-refractivity contribution in [2.24, 2.45) is 0 Å². The summed E-state index contributed by atoms with van der Waals surface area (Å²) in [5.74, 6) is 6.71. The lowest BCUT2D eigenvalue weighted by Gasteiger charge is -2.14. The van der Waals surface area contributed by atoms with Crippen molar-refractivity contribution in [1.82, 2.24) is 25.1 Å². The van der Waals surface area contributed by atoms with Crippen molar-refractivity contribution in [1.29, 1.82) is 5.26 Å². The molecule has 0 radical (unpaired) electrons. The minimum Gasteiger partial charge on any atom is -0.372 e. The van der Waals surface area contributed by atoms with Crippen molar-refractivity contribution in [3.05, 3.63) is 53.7 Å². The van der Waals surface area contributed by atoms with Gasteiger partial charge in [0.05, 0.1) is 29.9 Å². The van der Waals surface area contributed by atoms with Gasteiger partial charge in [-0.15, -0.1) is 0 Å². The number of benzene rings is 1. The average molecular weight is 489 g/mol. The molecule has 0 bridgehead atoms. The van der Waals surface area contributed by atoms with Gasteiger partial charge in [-0.2, -0.15) is 10.2 Å². The molecule has 0 aliphatic carbocycles. The Kier molecular flexibility index (Phi) is 11.4.